The normalized spacial score (nSPS) is 19.5. The second-order valence-corrected chi connectivity index (χ2v) is 9.22. The molecule has 2 aromatic heterocycles. The second-order valence-electron chi connectivity index (χ2n) is 7.57. The first kappa shape index (κ1) is 21.2. The fraction of sp³-hybridized carbons (Fsp3) is 0.381. The number of nitrogens with zero attached hydrogens (tertiary/aromatic N) is 4. The van der Waals surface area contributed by atoms with Crippen LogP contribution < -0.4 is 9.46 Å². The monoisotopic (exact) mass is 445 g/mol. The topological polar surface area (TPSA) is 99.0 Å². The summed E-state index contributed by atoms with van der Waals surface area (Å²) >= 11 is 0. The van der Waals surface area contributed by atoms with Crippen LogP contribution in [-0.4, -0.2) is 34.3 Å². The molecule has 1 aromatic carbocycles. The molecule has 1 N–H and O–H groups in total. The number of aryl methyl sites for hydroxylation is 1. The third-order valence-electron chi connectivity index (χ3n) is 5.49. The van der Waals surface area contributed by atoms with Gasteiger partial charge in [0.05, 0.1) is 0 Å². The van der Waals surface area contributed by atoms with Gasteiger partial charge in [-0.1, -0.05) is 12.8 Å². The first-order valence-corrected chi connectivity index (χ1v) is 11.7. The second kappa shape index (κ2) is 9.01. The number of anilines is 1. The van der Waals surface area contributed by atoms with E-state index in [1.807, 2.05) is 17.8 Å². The van der Waals surface area contributed by atoms with Crippen LogP contribution in [0.25, 0.3) is 0 Å². The third kappa shape index (κ3) is 4.84. The zero-order valence-corrected chi connectivity index (χ0v) is 17.9. The van der Waals surface area contributed by atoms with Crippen molar-refractivity contribution in [3.8, 4) is 5.75 Å². The van der Waals surface area contributed by atoms with Crippen LogP contribution in [0.2, 0.25) is 0 Å². The van der Waals surface area contributed by atoms with E-state index in [0.29, 0.717) is 5.75 Å². The summed E-state index contributed by atoms with van der Waals surface area (Å²) in [5.74, 6) is -0.379. The lowest BCUT2D eigenvalue weighted by Gasteiger charge is -2.26. The summed E-state index contributed by atoms with van der Waals surface area (Å²) in [5, 5.41) is 4.27. The first-order chi connectivity index (χ1) is 14.9. The van der Waals surface area contributed by atoms with Gasteiger partial charge in [0.2, 0.25) is 0 Å². The number of ether oxygens (including phenoxy) is 1. The molecule has 0 aliphatic heterocycles. The molecule has 10 heteroatoms. The summed E-state index contributed by atoms with van der Waals surface area (Å²) in [6.07, 6.45) is 9.26. The number of halogens is 1. The molecular weight excluding hydrogens is 421 g/mol. The van der Waals surface area contributed by atoms with E-state index in [1.54, 1.807) is 6.20 Å². The largest absolute Gasteiger partial charge is 0.490 e. The average molecular weight is 446 g/mol. The van der Waals surface area contributed by atoms with Gasteiger partial charge >= 0.3 is 0 Å². The predicted molar refractivity (Wildman–Crippen MR) is 113 cm³/mol. The Morgan fingerprint density at radius 1 is 1.13 bits per heavy atom. The van der Waals surface area contributed by atoms with E-state index < -0.39 is 20.7 Å². The minimum atomic E-state index is -4.13. The lowest BCUT2D eigenvalue weighted by atomic mass is 9.93. The highest BCUT2D eigenvalue weighted by atomic mass is 32.2. The van der Waals surface area contributed by atoms with Gasteiger partial charge in [-0.15, -0.1) is 0 Å². The average Bonchev–Trinajstić information content (AvgIpc) is 3.02. The van der Waals surface area contributed by atoms with Gasteiger partial charge in [-0.2, -0.15) is 5.10 Å². The van der Waals surface area contributed by atoms with Gasteiger partial charge in [0.25, 0.3) is 10.0 Å². The van der Waals surface area contributed by atoms with Gasteiger partial charge in [0.15, 0.2) is 0 Å². The Bertz CT molecular complexity index is 1140. The molecule has 2 heterocycles. The van der Waals surface area contributed by atoms with E-state index in [0.717, 1.165) is 43.9 Å². The van der Waals surface area contributed by atoms with Gasteiger partial charge in [-0.05, 0) is 43.5 Å². The van der Waals surface area contributed by atoms with Crippen LogP contribution >= 0.6 is 0 Å². The molecule has 0 saturated heterocycles. The van der Waals surface area contributed by atoms with Crippen LogP contribution in [0.15, 0.2) is 53.9 Å². The van der Waals surface area contributed by atoms with Crippen molar-refractivity contribution in [1.29, 1.82) is 0 Å². The molecule has 2 unspecified atom stereocenters. The zero-order chi connectivity index (χ0) is 21.8. The maximum atomic E-state index is 14.8. The van der Waals surface area contributed by atoms with Crippen LogP contribution in [0.3, 0.4) is 0 Å². The molecular formula is C21H24FN5O3S. The molecule has 0 spiro atoms. The predicted octanol–water partition coefficient (Wildman–Crippen LogP) is 3.65. The standard InChI is InChI=1S/C21H24FN5O3S/c1-27-18(9-12-25-27)16-5-3-2-4-6-19(16)30-15-7-8-20(17(22)13-15)31(28,29)26-21-10-11-23-14-24-21/h7-14,16,19H,2-6H2,1H3,(H,23,24,26). The highest BCUT2D eigenvalue weighted by Gasteiger charge is 2.29. The van der Waals surface area contributed by atoms with Gasteiger partial charge < -0.3 is 4.74 Å². The molecule has 0 radical (unpaired) electrons. The van der Waals surface area contributed by atoms with Crippen molar-refractivity contribution in [2.75, 3.05) is 4.72 Å². The van der Waals surface area contributed by atoms with Crippen molar-refractivity contribution in [3.63, 3.8) is 0 Å². The Kier molecular flexibility index (Phi) is 6.17. The van der Waals surface area contributed by atoms with E-state index in [2.05, 4.69) is 19.8 Å². The number of sulfonamides is 1. The van der Waals surface area contributed by atoms with E-state index in [9.17, 15) is 12.8 Å². The van der Waals surface area contributed by atoms with Crippen LogP contribution in [-0.2, 0) is 17.1 Å². The summed E-state index contributed by atoms with van der Waals surface area (Å²) < 4.78 is 50.1. The molecule has 0 amide bonds. The van der Waals surface area contributed by atoms with Crippen LogP contribution in [0.4, 0.5) is 10.2 Å². The maximum absolute atomic E-state index is 14.8. The molecule has 1 fully saturated rings. The summed E-state index contributed by atoms with van der Waals surface area (Å²) in [5.41, 5.74) is 1.08. The molecule has 1 aliphatic carbocycles. The number of hydrogen-bond acceptors (Lipinski definition) is 6. The fourth-order valence-corrected chi connectivity index (χ4v) is 5.06. The Balaban J connectivity index is 1.55. The number of rotatable bonds is 6. The molecule has 4 rings (SSSR count). The molecule has 1 saturated carbocycles. The maximum Gasteiger partial charge on any atom is 0.265 e. The molecule has 0 bridgehead atoms. The van der Waals surface area contributed by atoms with E-state index in [-0.39, 0.29) is 17.8 Å². The molecule has 2 atom stereocenters. The van der Waals surface area contributed by atoms with Crippen molar-refractivity contribution in [3.05, 3.63) is 60.6 Å². The van der Waals surface area contributed by atoms with E-state index >= 15 is 0 Å². The Hall–Kier alpha value is -3.01. The quantitative estimate of drug-likeness (QED) is 0.582. The Labute approximate surface area is 180 Å². The summed E-state index contributed by atoms with van der Waals surface area (Å²) in [4.78, 5) is 7.06. The van der Waals surface area contributed by atoms with Crippen molar-refractivity contribution in [2.24, 2.45) is 7.05 Å². The number of hydrogen-bond donors (Lipinski definition) is 1. The number of nitrogens with one attached hydrogen (secondary N) is 1. The molecule has 3 aromatic rings. The molecule has 1 aliphatic rings. The van der Waals surface area contributed by atoms with Crippen molar-refractivity contribution >= 4 is 15.8 Å². The zero-order valence-electron chi connectivity index (χ0n) is 17.1. The van der Waals surface area contributed by atoms with Crippen molar-refractivity contribution in [2.45, 2.75) is 49.0 Å². The summed E-state index contributed by atoms with van der Waals surface area (Å²) in [6, 6.07) is 7.20. The van der Waals surface area contributed by atoms with Gasteiger partial charge in [0.1, 0.15) is 34.7 Å². The van der Waals surface area contributed by atoms with Crippen LogP contribution in [0.5, 0.6) is 5.75 Å². The van der Waals surface area contributed by atoms with Gasteiger partial charge in [0, 0.05) is 37.1 Å². The third-order valence-corrected chi connectivity index (χ3v) is 6.88. The summed E-state index contributed by atoms with van der Waals surface area (Å²) in [6.45, 7) is 0. The van der Waals surface area contributed by atoms with E-state index in [4.69, 9.17) is 4.74 Å². The number of benzene rings is 1. The minimum Gasteiger partial charge on any atom is -0.490 e. The van der Waals surface area contributed by atoms with Crippen LogP contribution in [0, 0.1) is 5.82 Å². The van der Waals surface area contributed by atoms with Crippen molar-refractivity contribution < 1.29 is 17.5 Å². The Morgan fingerprint density at radius 3 is 2.68 bits per heavy atom. The van der Waals surface area contributed by atoms with Crippen molar-refractivity contribution in [1.82, 2.24) is 19.7 Å². The van der Waals surface area contributed by atoms with E-state index in [1.165, 1.54) is 30.7 Å². The molecule has 164 valence electrons. The molecule has 31 heavy (non-hydrogen) atoms. The SMILES string of the molecule is Cn1nccc1C1CCCCCC1Oc1ccc(S(=O)(=O)Nc2ccncn2)c(F)c1. The van der Waals surface area contributed by atoms with Crippen LogP contribution in [0.1, 0.15) is 43.7 Å². The smallest absolute Gasteiger partial charge is 0.265 e. The lowest BCUT2D eigenvalue weighted by Crippen LogP contribution is -2.26. The molecule has 8 nitrogen and oxygen atoms in total. The highest BCUT2D eigenvalue weighted by Crippen LogP contribution is 2.35. The van der Waals surface area contributed by atoms with Gasteiger partial charge in [-0.3, -0.25) is 9.40 Å². The lowest BCUT2D eigenvalue weighted by molar-refractivity contribution is 0.156. The van der Waals surface area contributed by atoms with Gasteiger partial charge in [-0.25, -0.2) is 22.8 Å². The number of aromatic nitrogens is 4. The minimum absolute atomic E-state index is 0.0622. The fourth-order valence-electron chi connectivity index (χ4n) is 3.99. The Morgan fingerprint density at radius 2 is 1.97 bits per heavy atom. The summed E-state index contributed by atoms with van der Waals surface area (Å²) in [7, 11) is -2.23. The highest BCUT2D eigenvalue weighted by molar-refractivity contribution is 7.92. The first-order valence-electron chi connectivity index (χ1n) is 10.2.